The predicted octanol–water partition coefficient (Wildman–Crippen LogP) is 3.69. The van der Waals surface area contributed by atoms with Crippen LogP contribution in [0.1, 0.15) is 36.5 Å². The van der Waals surface area contributed by atoms with E-state index in [-0.39, 0.29) is 0 Å². The lowest BCUT2D eigenvalue weighted by Crippen LogP contribution is -2.12. The van der Waals surface area contributed by atoms with E-state index in [0.717, 1.165) is 42.0 Å². The molecule has 1 aromatic heterocycles. The van der Waals surface area contributed by atoms with E-state index in [2.05, 4.69) is 29.7 Å². The monoisotopic (exact) mass is 306 g/mol. The first-order valence-electron chi connectivity index (χ1n) is 7.28. The quantitative estimate of drug-likeness (QED) is 0.847. The second-order valence-electron chi connectivity index (χ2n) is 5.46. The van der Waals surface area contributed by atoms with Gasteiger partial charge in [0.25, 0.3) is 0 Å². The SMILES string of the molecule is CCCc1nc2cc(C(=O)O)ccc2n1CC(C)CSC. The number of aryl methyl sites for hydroxylation is 1. The highest BCUT2D eigenvalue weighted by Gasteiger charge is 2.14. The number of carboxylic acids is 1. The smallest absolute Gasteiger partial charge is 0.335 e. The van der Waals surface area contributed by atoms with Gasteiger partial charge in [0.2, 0.25) is 0 Å². The van der Waals surface area contributed by atoms with E-state index in [9.17, 15) is 4.79 Å². The summed E-state index contributed by atoms with van der Waals surface area (Å²) in [4.78, 5) is 15.7. The normalized spacial score (nSPS) is 12.7. The topological polar surface area (TPSA) is 55.1 Å². The highest BCUT2D eigenvalue weighted by molar-refractivity contribution is 7.98. The molecule has 5 heteroatoms. The molecule has 0 spiro atoms. The Morgan fingerprint density at radius 3 is 2.86 bits per heavy atom. The van der Waals surface area contributed by atoms with Gasteiger partial charge in [-0.25, -0.2) is 9.78 Å². The van der Waals surface area contributed by atoms with Crippen LogP contribution in [0.3, 0.4) is 0 Å². The van der Waals surface area contributed by atoms with E-state index < -0.39 is 5.97 Å². The summed E-state index contributed by atoms with van der Waals surface area (Å²) in [5.41, 5.74) is 2.12. The van der Waals surface area contributed by atoms with E-state index in [0.29, 0.717) is 11.5 Å². The van der Waals surface area contributed by atoms with Gasteiger partial charge >= 0.3 is 5.97 Å². The second-order valence-corrected chi connectivity index (χ2v) is 6.37. The first-order valence-corrected chi connectivity index (χ1v) is 8.67. The first-order chi connectivity index (χ1) is 10.1. The molecule has 0 radical (unpaired) electrons. The Labute approximate surface area is 129 Å². The largest absolute Gasteiger partial charge is 0.478 e. The third-order valence-corrected chi connectivity index (χ3v) is 4.40. The molecule has 1 aromatic carbocycles. The van der Waals surface area contributed by atoms with Crippen molar-refractivity contribution in [2.75, 3.05) is 12.0 Å². The lowest BCUT2D eigenvalue weighted by molar-refractivity contribution is 0.0697. The maximum Gasteiger partial charge on any atom is 0.335 e. The van der Waals surface area contributed by atoms with Gasteiger partial charge < -0.3 is 9.67 Å². The highest BCUT2D eigenvalue weighted by Crippen LogP contribution is 2.21. The Morgan fingerprint density at radius 1 is 1.48 bits per heavy atom. The van der Waals surface area contributed by atoms with Crippen molar-refractivity contribution < 1.29 is 9.90 Å². The molecule has 1 heterocycles. The Balaban J connectivity index is 2.44. The molecule has 1 atom stereocenters. The standard InChI is InChI=1S/C16H22N2O2S/c1-4-5-15-17-13-8-12(16(19)20)6-7-14(13)18(15)9-11(2)10-21-3/h6-8,11H,4-5,9-10H2,1-3H3,(H,19,20). The molecule has 0 bridgehead atoms. The number of nitrogens with zero attached hydrogens (tertiary/aromatic N) is 2. The molecule has 0 aliphatic carbocycles. The van der Waals surface area contributed by atoms with Gasteiger partial charge in [0, 0.05) is 13.0 Å². The zero-order valence-electron chi connectivity index (χ0n) is 12.8. The van der Waals surface area contributed by atoms with Gasteiger partial charge in [-0.2, -0.15) is 11.8 Å². The summed E-state index contributed by atoms with van der Waals surface area (Å²) in [6.45, 7) is 5.31. The average molecular weight is 306 g/mol. The minimum absolute atomic E-state index is 0.298. The molecule has 1 N–H and O–H groups in total. The Kier molecular flexibility index (Phi) is 5.28. The van der Waals surface area contributed by atoms with Crippen LogP contribution in [0.5, 0.6) is 0 Å². The van der Waals surface area contributed by atoms with Gasteiger partial charge in [0.15, 0.2) is 0 Å². The molecule has 1 unspecified atom stereocenters. The molecule has 0 amide bonds. The van der Waals surface area contributed by atoms with Gasteiger partial charge in [-0.1, -0.05) is 13.8 Å². The molecule has 0 aliphatic heterocycles. The molecule has 114 valence electrons. The van der Waals surface area contributed by atoms with Gasteiger partial charge in [0.05, 0.1) is 16.6 Å². The van der Waals surface area contributed by atoms with Crippen LogP contribution in [0.2, 0.25) is 0 Å². The molecule has 2 rings (SSSR count). The number of thioether (sulfide) groups is 1. The van der Waals surface area contributed by atoms with Crippen molar-refractivity contribution >= 4 is 28.8 Å². The second kappa shape index (κ2) is 6.98. The summed E-state index contributed by atoms with van der Waals surface area (Å²) in [5.74, 6) is 1.83. The number of benzene rings is 1. The third kappa shape index (κ3) is 3.59. The van der Waals surface area contributed by atoms with Crippen LogP contribution in [0.4, 0.5) is 0 Å². The van der Waals surface area contributed by atoms with Crippen molar-refractivity contribution in [2.45, 2.75) is 33.2 Å². The van der Waals surface area contributed by atoms with Gasteiger partial charge in [0.1, 0.15) is 5.82 Å². The summed E-state index contributed by atoms with van der Waals surface area (Å²) in [7, 11) is 0. The van der Waals surface area contributed by atoms with Crippen LogP contribution in [-0.2, 0) is 13.0 Å². The summed E-state index contributed by atoms with van der Waals surface area (Å²) in [6.07, 6.45) is 4.07. The average Bonchev–Trinajstić information content (AvgIpc) is 2.76. The number of hydrogen-bond acceptors (Lipinski definition) is 3. The molecular formula is C16H22N2O2S. The summed E-state index contributed by atoms with van der Waals surface area (Å²) >= 11 is 1.85. The fraction of sp³-hybridized carbons (Fsp3) is 0.500. The van der Waals surface area contributed by atoms with Crippen LogP contribution in [0.25, 0.3) is 11.0 Å². The number of imidazole rings is 1. The summed E-state index contributed by atoms with van der Waals surface area (Å²) in [6, 6.07) is 5.22. The molecule has 0 saturated carbocycles. The molecule has 21 heavy (non-hydrogen) atoms. The van der Waals surface area contributed by atoms with Crippen LogP contribution in [-0.4, -0.2) is 32.6 Å². The van der Waals surface area contributed by atoms with Crippen LogP contribution in [0.15, 0.2) is 18.2 Å². The minimum atomic E-state index is -0.903. The van der Waals surface area contributed by atoms with E-state index in [4.69, 9.17) is 5.11 Å². The molecule has 4 nitrogen and oxygen atoms in total. The number of rotatable bonds is 7. The molecule has 0 saturated heterocycles. The van der Waals surface area contributed by atoms with Crippen LogP contribution >= 0.6 is 11.8 Å². The Hall–Kier alpha value is -1.49. The maximum atomic E-state index is 11.1. The molecule has 0 fully saturated rings. The van der Waals surface area contributed by atoms with Crippen molar-refractivity contribution in [3.8, 4) is 0 Å². The van der Waals surface area contributed by atoms with Gasteiger partial charge in [-0.05, 0) is 42.5 Å². The molecule has 0 aliphatic rings. The number of carboxylic acid groups (broad SMARTS) is 1. The highest BCUT2D eigenvalue weighted by atomic mass is 32.2. The fourth-order valence-electron chi connectivity index (χ4n) is 2.58. The number of aromatic nitrogens is 2. The number of carbonyl (C=O) groups is 1. The van der Waals surface area contributed by atoms with Crippen LogP contribution in [0, 0.1) is 5.92 Å². The summed E-state index contributed by atoms with van der Waals surface area (Å²) in [5, 5.41) is 9.10. The first kappa shape index (κ1) is 15.9. The van der Waals surface area contributed by atoms with E-state index in [1.54, 1.807) is 12.1 Å². The van der Waals surface area contributed by atoms with Crippen molar-refractivity contribution in [1.82, 2.24) is 9.55 Å². The number of aromatic carboxylic acids is 1. The minimum Gasteiger partial charge on any atom is -0.478 e. The van der Waals surface area contributed by atoms with Crippen molar-refractivity contribution in [3.05, 3.63) is 29.6 Å². The Morgan fingerprint density at radius 2 is 2.24 bits per heavy atom. The third-order valence-electron chi connectivity index (χ3n) is 3.49. The zero-order valence-corrected chi connectivity index (χ0v) is 13.6. The van der Waals surface area contributed by atoms with Crippen molar-refractivity contribution in [1.29, 1.82) is 0 Å². The zero-order chi connectivity index (χ0) is 15.4. The van der Waals surface area contributed by atoms with Crippen LogP contribution < -0.4 is 0 Å². The van der Waals surface area contributed by atoms with E-state index >= 15 is 0 Å². The number of fused-ring (bicyclic) bond motifs is 1. The maximum absolute atomic E-state index is 11.1. The molecular weight excluding hydrogens is 284 g/mol. The van der Waals surface area contributed by atoms with E-state index in [1.165, 1.54) is 0 Å². The van der Waals surface area contributed by atoms with Gasteiger partial charge in [-0.3, -0.25) is 0 Å². The molecule has 2 aromatic rings. The fourth-order valence-corrected chi connectivity index (χ4v) is 3.25. The van der Waals surface area contributed by atoms with Crippen molar-refractivity contribution in [3.63, 3.8) is 0 Å². The van der Waals surface area contributed by atoms with Crippen molar-refractivity contribution in [2.24, 2.45) is 5.92 Å². The lowest BCUT2D eigenvalue weighted by atomic mass is 10.2. The predicted molar refractivity (Wildman–Crippen MR) is 88.2 cm³/mol. The Bertz CT molecular complexity index is 636. The van der Waals surface area contributed by atoms with E-state index in [1.807, 2.05) is 17.8 Å². The van der Waals surface area contributed by atoms with Gasteiger partial charge in [-0.15, -0.1) is 0 Å². The lowest BCUT2D eigenvalue weighted by Gasteiger charge is -2.14. The number of hydrogen-bond donors (Lipinski definition) is 1. The summed E-state index contributed by atoms with van der Waals surface area (Å²) < 4.78 is 2.26.